The number of rotatable bonds is 7. The number of phenolic OH excluding ortho intramolecular Hbond substituents is 1. The van der Waals surface area contributed by atoms with Crippen molar-refractivity contribution in [2.24, 2.45) is 0 Å². The van der Waals surface area contributed by atoms with Crippen LogP contribution in [0.25, 0.3) is 5.76 Å². The Labute approximate surface area is 180 Å². The molecule has 1 atom stereocenters. The van der Waals surface area contributed by atoms with Crippen molar-refractivity contribution >= 4 is 29.1 Å². The van der Waals surface area contributed by atoms with Gasteiger partial charge in [-0.3, -0.25) is 9.59 Å². The van der Waals surface area contributed by atoms with Crippen LogP contribution < -0.4 is 4.74 Å². The normalized spacial score (nSPS) is 18.1. The van der Waals surface area contributed by atoms with Crippen LogP contribution in [0.5, 0.6) is 11.5 Å². The summed E-state index contributed by atoms with van der Waals surface area (Å²) in [4.78, 5) is 27.2. The van der Waals surface area contributed by atoms with Gasteiger partial charge in [-0.2, -0.15) is 0 Å². The molecule has 1 amide bonds. The molecule has 6 nitrogen and oxygen atoms in total. The Morgan fingerprint density at radius 3 is 2.47 bits per heavy atom. The van der Waals surface area contributed by atoms with E-state index in [1.807, 2.05) is 13.8 Å². The molecule has 0 saturated carbocycles. The highest BCUT2D eigenvalue weighted by atomic mass is 35.5. The van der Waals surface area contributed by atoms with E-state index in [2.05, 4.69) is 0 Å². The molecule has 1 unspecified atom stereocenters. The quantitative estimate of drug-likeness (QED) is 0.379. The summed E-state index contributed by atoms with van der Waals surface area (Å²) in [6, 6.07) is 10.3. The number of aliphatic hydroxyl groups is 1. The number of amides is 1. The number of unbranched alkanes of at least 4 members (excludes halogenated alkanes) is 1. The third-order valence-electron chi connectivity index (χ3n) is 5.01. The van der Waals surface area contributed by atoms with E-state index in [1.54, 1.807) is 30.3 Å². The van der Waals surface area contributed by atoms with E-state index in [0.717, 1.165) is 6.42 Å². The number of likely N-dealkylation sites (tertiary alicyclic amines) is 1. The lowest BCUT2D eigenvalue weighted by Gasteiger charge is -2.25. The Morgan fingerprint density at radius 2 is 1.83 bits per heavy atom. The van der Waals surface area contributed by atoms with Gasteiger partial charge in [-0.05, 0) is 49.2 Å². The van der Waals surface area contributed by atoms with Crippen LogP contribution in [0.3, 0.4) is 0 Å². The fourth-order valence-corrected chi connectivity index (χ4v) is 3.74. The van der Waals surface area contributed by atoms with E-state index in [-0.39, 0.29) is 27.7 Å². The summed E-state index contributed by atoms with van der Waals surface area (Å²) >= 11 is 6.30. The van der Waals surface area contributed by atoms with Crippen LogP contribution in [-0.2, 0) is 9.59 Å². The first-order valence-corrected chi connectivity index (χ1v) is 10.3. The van der Waals surface area contributed by atoms with Crippen molar-refractivity contribution in [1.29, 1.82) is 0 Å². The van der Waals surface area contributed by atoms with Crippen LogP contribution in [0, 0.1) is 0 Å². The molecule has 0 spiro atoms. The summed E-state index contributed by atoms with van der Waals surface area (Å²) in [7, 11) is 0. The molecule has 2 aromatic rings. The van der Waals surface area contributed by atoms with Crippen molar-refractivity contribution in [3.63, 3.8) is 0 Å². The number of ketones is 1. The van der Waals surface area contributed by atoms with Crippen LogP contribution in [0.4, 0.5) is 0 Å². The van der Waals surface area contributed by atoms with Crippen LogP contribution >= 0.6 is 11.6 Å². The zero-order valence-corrected chi connectivity index (χ0v) is 17.6. The second kappa shape index (κ2) is 9.22. The van der Waals surface area contributed by atoms with E-state index in [0.29, 0.717) is 30.9 Å². The van der Waals surface area contributed by atoms with Gasteiger partial charge in [0.25, 0.3) is 11.7 Å². The first-order chi connectivity index (χ1) is 14.4. The number of nitrogens with zero attached hydrogens (tertiary/aromatic N) is 1. The Morgan fingerprint density at radius 1 is 1.13 bits per heavy atom. The minimum atomic E-state index is -0.774. The van der Waals surface area contributed by atoms with E-state index < -0.39 is 17.7 Å². The summed E-state index contributed by atoms with van der Waals surface area (Å²) in [5, 5.41) is 21.0. The zero-order chi connectivity index (χ0) is 21.8. The molecule has 7 heteroatoms. The average Bonchev–Trinajstić information content (AvgIpc) is 2.98. The second-order valence-electron chi connectivity index (χ2n) is 7.01. The van der Waals surface area contributed by atoms with E-state index in [9.17, 15) is 19.8 Å². The molecule has 30 heavy (non-hydrogen) atoms. The molecule has 0 radical (unpaired) electrons. The largest absolute Gasteiger partial charge is 0.508 e. The van der Waals surface area contributed by atoms with Gasteiger partial charge < -0.3 is 19.8 Å². The van der Waals surface area contributed by atoms with Crippen LogP contribution in [0.1, 0.15) is 43.9 Å². The standard InChI is InChI=1S/C23H24ClNO5/c1-3-5-12-25-20(14-6-8-15(26)9-7-14)19(22(28)23(25)29)21(27)17-13-16(30-4-2)10-11-18(17)24/h6-11,13,20,26-27H,3-5,12H2,1-2H3/b21-19+. The first kappa shape index (κ1) is 21.7. The average molecular weight is 430 g/mol. The van der Waals surface area contributed by atoms with E-state index in [1.165, 1.54) is 17.0 Å². The maximum atomic E-state index is 12.9. The summed E-state index contributed by atoms with van der Waals surface area (Å²) in [5.41, 5.74) is 0.805. The summed E-state index contributed by atoms with van der Waals surface area (Å²) in [6.07, 6.45) is 1.55. The second-order valence-corrected chi connectivity index (χ2v) is 7.42. The lowest BCUT2D eigenvalue weighted by Crippen LogP contribution is -2.30. The fourth-order valence-electron chi connectivity index (χ4n) is 3.53. The van der Waals surface area contributed by atoms with E-state index >= 15 is 0 Å². The third kappa shape index (κ3) is 4.14. The highest BCUT2D eigenvalue weighted by Crippen LogP contribution is 2.41. The van der Waals surface area contributed by atoms with Gasteiger partial charge in [0.15, 0.2) is 0 Å². The van der Waals surface area contributed by atoms with Crippen molar-refractivity contribution < 1.29 is 24.5 Å². The SMILES string of the molecule is CCCCN1C(=O)C(=O)/C(=C(/O)c2cc(OCC)ccc2Cl)C1c1ccc(O)cc1. The maximum absolute atomic E-state index is 12.9. The molecule has 0 aliphatic carbocycles. The number of halogens is 1. The summed E-state index contributed by atoms with van der Waals surface area (Å²) in [5.74, 6) is -1.22. The number of aliphatic hydroxyl groups excluding tert-OH is 1. The molecule has 0 aromatic heterocycles. The molecule has 2 aromatic carbocycles. The summed E-state index contributed by atoms with van der Waals surface area (Å²) < 4.78 is 5.48. The Hall–Kier alpha value is -2.99. The molecule has 0 bridgehead atoms. The molecule has 158 valence electrons. The number of hydrogen-bond acceptors (Lipinski definition) is 5. The van der Waals surface area contributed by atoms with Crippen molar-refractivity contribution in [3.8, 4) is 11.5 Å². The minimum Gasteiger partial charge on any atom is -0.508 e. The number of carbonyl (C=O) groups is 2. The van der Waals surface area contributed by atoms with Crippen molar-refractivity contribution in [3.05, 3.63) is 64.2 Å². The smallest absolute Gasteiger partial charge is 0.295 e. The molecular weight excluding hydrogens is 406 g/mol. The first-order valence-electron chi connectivity index (χ1n) is 9.89. The third-order valence-corrected chi connectivity index (χ3v) is 5.33. The number of hydrogen-bond donors (Lipinski definition) is 2. The molecule has 2 N–H and O–H groups in total. The maximum Gasteiger partial charge on any atom is 0.295 e. The number of carbonyl (C=O) groups excluding carboxylic acids is 2. The Kier molecular flexibility index (Phi) is 6.67. The lowest BCUT2D eigenvalue weighted by atomic mass is 9.95. The van der Waals surface area contributed by atoms with Crippen LogP contribution in [-0.4, -0.2) is 40.0 Å². The summed E-state index contributed by atoms with van der Waals surface area (Å²) in [6.45, 7) is 4.62. The van der Waals surface area contributed by atoms with Crippen molar-refractivity contribution in [1.82, 2.24) is 4.90 Å². The lowest BCUT2D eigenvalue weighted by molar-refractivity contribution is -0.139. The fraction of sp³-hybridized carbons (Fsp3) is 0.304. The van der Waals surface area contributed by atoms with Gasteiger partial charge in [-0.1, -0.05) is 37.1 Å². The van der Waals surface area contributed by atoms with Crippen molar-refractivity contribution in [2.45, 2.75) is 32.7 Å². The van der Waals surface area contributed by atoms with Gasteiger partial charge in [0.2, 0.25) is 0 Å². The molecule has 1 heterocycles. The van der Waals surface area contributed by atoms with Gasteiger partial charge in [0.05, 0.1) is 23.2 Å². The zero-order valence-electron chi connectivity index (χ0n) is 16.9. The van der Waals surface area contributed by atoms with Gasteiger partial charge >= 0.3 is 0 Å². The predicted octanol–water partition coefficient (Wildman–Crippen LogP) is 4.67. The van der Waals surface area contributed by atoms with Crippen LogP contribution in [0.15, 0.2) is 48.0 Å². The van der Waals surface area contributed by atoms with E-state index in [4.69, 9.17) is 16.3 Å². The van der Waals surface area contributed by atoms with Gasteiger partial charge in [0, 0.05) is 12.1 Å². The number of aromatic hydroxyl groups is 1. The Bertz CT molecular complexity index is 984. The van der Waals surface area contributed by atoms with Gasteiger partial charge in [0.1, 0.15) is 17.3 Å². The molecule has 1 saturated heterocycles. The highest BCUT2D eigenvalue weighted by molar-refractivity contribution is 6.47. The monoisotopic (exact) mass is 429 g/mol. The van der Waals surface area contributed by atoms with Crippen molar-refractivity contribution in [2.75, 3.05) is 13.2 Å². The number of Topliss-reactive ketones (excluding diaryl/α,β-unsaturated/α-hetero) is 1. The predicted molar refractivity (Wildman–Crippen MR) is 115 cm³/mol. The minimum absolute atomic E-state index is 0.0302. The molecular formula is C23H24ClNO5. The molecule has 3 rings (SSSR count). The van der Waals surface area contributed by atoms with Crippen LogP contribution in [0.2, 0.25) is 5.02 Å². The number of phenols is 1. The Balaban J connectivity index is 2.18. The molecule has 1 aliphatic heterocycles. The molecule has 1 fully saturated rings. The molecule has 1 aliphatic rings. The topological polar surface area (TPSA) is 87.1 Å². The highest BCUT2D eigenvalue weighted by Gasteiger charge is 2.45. The number of ether oxygens (including phenoxy) is 1. The van der Waals surface area contributed by atoms with Gasteiger partial charge in [-0.25, -0.2) is 0 Å². The number of benzene rings is 2. The van der Waals surface area contributed by atoms with Gasteiger partial charge in [-0.15, -0.1) is 0 Å².